The van der Waals surface area contributed by atoms with Crippen LogP contribution in [0.4, 0.5) is 5.69 Å². The minimum atomic E-state index is -0.455. The monoisotopic (exact) mass is 447 g/mol. The minimum absolute atomic E-state index is 0.00622. The summed E-state index contributed by atoms with van der Waals surface area (Å²) in [5.41, 5.74) is 1.29. The smallest absolute Gasteiger partial charge is 0.270 e. The summed E-state index contributed by atoms with van der Waals surface area (Å²) in [5.74, 6) is 0.939. The zero-order valence-electron chi connectivity index (χ0n) is 15.0. The first kappa shape index (κ1) is 18.8. The van der Waals surface area contributed by atoms with Crippen molar-refractivity contribution in [3.8, 4) is 11.3 Å². The topological polar surface area (TPSA) is 73.3 Å². The maximum Gasteiger partial charge on any atom is 0.270 e. The Labute approximate surface area is 174 Å². The van der Waals surface area contributed by atoms with Crippen molar-refractivity contribution in [3.63, 3.8) is 0 Å². The highest BCUT2D eigenvalue weighted by atomic mass is 79.9. The van der Waals surface area contributed by atoms with Gasteiger partial charge in [0.1, 0.15) is 11.5 Å². The third-order valence-corrected chi connectivity index (χ3v) is 5.14. The van der Waals surface area contributed by atoms with E-state index >= 15 is 0 Å². The molecule has 1 heterocycles. The van der Waals surface area contributed by atoms with Crippen LogP contribution in [0.1, 0.15) is 16.1 Å². The molecule has 5 nitrogen and oxygen atoms in total. The van der Waals surface area contributed by atoms with E-state index in [-0.39, 0.29) is 11.5 Å². The van der Waals surface area contributed by atoms with E-state index in [0.717, 1.165) is 10.8 Å². The number of non-ortho nitro benzene ring substituents is 1. The van der Waals surface area contributed by atoms with Crippen LogP contribution in [-0.2, 0) is 0 Å². The predicted molar refractivity (Wildman–Crippen MR) is 116 cm³/mol. The molecule has 0 spiro atoms. The number of carbonyl (C=O) groups excluding carboxylic acids is 1. The highest BCUT2D eigenvalue weighted by molar-refractivity contribution is 9.10. The molecule has 3 aromatic carbocycles. The van der Waals surface area contributed by atoms with E-state index in [1.165, 1.54) is 18.2 Å². The van der Waals surface area contributed by atoms with Crippen LogP contribution in [0, 0.1) is 10.1 Å². The number of rotatable bonds is 5. The number of nitro benzene ring substituents is 1. The molecule has 0 atom stereocenters. The average Bonchev–Trinajstić information content (AvgIpc) is 3.20. The molecule has 0 saturated heterocycles. The Bertz CT molecular complexity index is 1270. The molecule has 4 aromatic rings. The minimum Gasteiger partial charge on any atom is -0.457 e. The number of halogens is 1. The second-order valence-electron chi connectivity index (χ2n) is 6.38. The molecule has 0 bridgehead atoms. The van der Waals surface area contributed by atoms with Crippen LogP contribution < -0.4 is 0 Å². The maximum atomic E-state index is 12.5. The largest absolute Gasteiger partial charge is 0.457 e. The Morgan fingerprint density at radius 2 is 1.76 bits per heavy atom. The lowest BCUT2D eigenvalue weighted by Gasteiger charge is -2.01. The van der Waals surface area contributed by atoms with E-state index in [2.05, 4.69) is 15.9 Å². The van der Waals surface area contributed by atoms with Crippen molar-refractivity contribution in [1.29, 1.82) is 0 Å². The van der Waals surface area contributed by atoms with Gasteiger partial charge in [0.2, 0.25) is 0 Å². The second-order valence-corrected chi connectivity index (χ2v) is 7.24. The summed E-state index contributed by atoms with van der Waals surface area (Å²) in [6.45, 7) is 0. The van der Waals surface area contributed by atoms with Gasteiger partial charge in [0.15, 0.2) is 5.78 Å². The molecule has 0 unspecified atom stereocenters. The summed E-state index contributed by atoms with van der Waals surface area (Å²) < 4.78 is 6.33. The molecule has 6 heteroatoms. The number of furan rings is 1. The molecule has 1 aromatic heterocycles. The zero-order valence-corrected chi connectivity index (χ0v) is 16.6. The molecule has 29 heavy (non-hydrogen) atoms. The van der Waals surface area contributed by atoms with Crippen molar-refractivity contribution in [2.24, 2.45) is 0 Å². The fourth-order valence-electron chi connectivity index (χ4n) is 3.00. The van der Waals surface area contributed by atoms with Gasteiger partial charge in [-0.3, -0.25) is 14.9 Å². The highest BCUT2D eigenvalue weighted by Gasteiger charge is 2.13. The Morgan fingerprint density at radius 3 is 2.52 bits per heavy atom. The Kier molecular flexibility index (Phi) is 5.10. The number of nitro groups is 1. The zero-order chi connectivity index (χ0) is 20.4. The van der Waals surface area contributed by atoms with E-state index in [9.17, 15) is 14.9 Å². The van der Waals surface area contributed by atoms with Gasteiger partial charge in [-0.15, -0.1) is 0 Å². The molecule has 0 saturated carbocycles. The molecular weight excluding hydrogens is 434 g/mol. The summed E-state index contributed by atoms with van der Waals surface area (Å²) in [6, 6.07) is 21.4. The van der Waals surface area contributed by atoms with Gasteiger partial charge in [-0.05, 0) is 63.1 Å². The molecular formula is C23H14BrNO4. The van der Waals surface area contributed by atoms with Crippen molar-refractivity contribution in [1.82, 2.24) is 0 Å². The first-order valence-corrected chi connectivity index (χ1v) is 9.56. The van der Waals surface area contributed by atoms with Gasteiger partial charge in [-0.25, -0.2) is 0 Å². The molecule has 0 aliphatic heterocycles. The van der Waals surface area contributed by atoms with E-state index in [1.807, 2.05) is 36.4 Å². The lowest BCUT2D eigenvalue weighted by molar-refractivity contribution is -0.384. The normalized spacial score (nSPS) is 11.2. The van der Waals surface area contributed by atoms with E-state index in [0.29, 0.717) is 27.1 Å². The fraction of sp³-hybridized carbons (Fsp3) is 0. The molecule has 0 aliphatic rings. The Hall–Kier alpha value is -3.51. The van der Waals surface area contributed by atoms with Gasteiger partial charge in [0.05, 0.1) is 4.92 Å². The maximum absolute atomic E-state index is 12.5. The number of allylic oxidation sites excluding steroid dienone is 1. The van der Waals surface area contributed by atoms with Crippen molar-refractivity contribution < 1.29 is 14.1 Å². The summed E-state index contributed by atoms with van der Waals surface area (Å²) in [6.07, 6.45) is 3.08. The summed E-state index contributed by atoms with van der Waals surface area (Å²) in [7, 11) is 0. The molecule has 4 rings (SSSR count). The van der Waals surface area contributed by atoms with Crippen LogP contribution in [0.25, 0.3) is 28.2 Å². The second kappa shape index (κ2) is 7.85. The SMILES string of the molecule is O=C(C=Cc1ccc(-c2ccc([N+](=O)[O-])cc2Br)o1)c1ccc2ccccc2c1. The number of ketones is 1. The van der Waals surface area contributed by atoms with Crippen LogP contribution in [0.5, 0.6) is 0 Å². The third-order valence-electron chi connectivity index (χ3n) is 4.49. The molecule has 0 amide bonds. The molecule has 0 N–H and O–H groups in total. The fourth-order valence-corrected chi connectivity index (χ4v) is 3.56. The van der Waals surface area contributed by atoms with Gasteiger partial charge in [-0.1, -0.05) is 36.4 Å². The number of hydrogen-bond acceptors (Lipinski definition) is 4. The average molecular weight is 448 g/mol. The van der Waals surface area contributed by atoms with Crippen molar-refractivity contribution in [2.75, 3.05) is 0 Å². The van der Waals surface area contributed by atoms with Crippen LogP contribution >= 0.6 is 15.9 Å². The molecule has 0 aliphatic carbocycles. The van der Waals surface area contributed by atoms with Gasteiger partial charge in [0.25, 0.3) is 5.69 Å². The van der Waals surface area contributed by atoms with Crippen LogP contribution in [0.2, 0.25) is 0 Å². The van der Waals surface area contributed by atoms with Crippen molar-refractivity contribution in [2.45, 2.75) is 0 Å². The highest BCUT2D eigenvalue weighted by Crippen LogP contribution is 2.32. The van der Waals surface area contributed by atoms with Crippen LogP contribution in [-0.4, -0.2) is 10.7 Å². The number of hydrogen-bond donors (Lipinski definition) is 0. The van der Waals surface area contributed by atoms with Crippen molar-refractivity contribution in [3.05, 3.63) is 105 Å². The van der Waals surface area contributed by atoms with Crippen LogP contribution in [0.15, 0.2) is 87.8 Å². The van der Waals surface area contributed by atoms with Gasteiger partial charge in [-0.2, -0.15) is 0 Å². The van der Waals surface area contributed by atoms with E-state index in [4.69, 9.17) is 4.42 Å². The lowest BCUT2D eigenvalue weighted by Crippen LogP contribution is -1.93. The van der Waals surface area contributed by atoms with Gasteiger partial charge >= 0.3 is 0 Å². The number of benzene rings is 3. The number of carbonyl (C=O) groups is 1. The summed E-state index contributed by atoms with van der Waals surface area (Å²) in [4.78, 5) is 22.9. The number of fused-ring (bicyclic) bond motifs is 1. The Morgan fingerprint density at radius 1 is 0.966 bits per heavy atom. The molecule has 142 valence electrons. The number of nitrogens with zero attached hydrogens (tertiary/aromatic N) is 1. The quantitative estimate of drug-likeness (QED) is 0.148. The Balaban J connectivity index is 1.54. The van der Waals surface area contributed by atoms with Gasteiger partial charge in [0, 0.05) is 27.7 Å². The summed E-state index contributed by atoms with van der Waals surface area (Å²) in [5, 5.41) is 13.0. The van der Waals surface area contributed by atoms with E-state index < -0.39 is 4.92 Å². The van der Waals surface area contributed by atoms with E-state index in [1.54, 1.807) is 30.3 Å². The van der Waals surface area contributed by atoms with Crippen LogP contribution in [0.3, 0.4) is 0 Å². The molecule has 0 radical (unpaired) electrons. The van der Waals surface area contributed by atoms with Gasteiger partial charge < -0.3 is 4.42 Å². The molecule has 0 fully saturated rings. The standard InChI is InChI=1S/C23H14BrNO4/c24-21-14-18(25(27)28)7-10-20(21)23-12-9-19(29-23)8-11-22(26)17-6-5-15-3-1-2-4-16(15)13-17/h1-14H. The summed E-state index contributed by atoms with van der Waals surface area (Å²) >= 11 is 3.34. The van der Waals surface area contributed by atoms with Crippen molar-refractivity contribution >= 4 is 44.2 Å². The lowest BCUT2D eigenvalue weighted by atomic mass is 10.0. The first-order valence-electron chi connectivity index (χ1n) is 8.76. The first-order chi connectivity index (χ1) is 14.0. The predicted octanol–water partition coefficient (Wildman–Crippen LogP) is 6.67. The third kappa shape index (κ3) is 4.02.